The lowest BCUT2D eigenvalue weighted by atomic mass is 10.1. The minimum Gasteiger partial charge on any atom is -0.481 e. The molecule has 1 aromatic rings. The number of rotatable bonds is 5. The van der Waals surface area contributed by atoms with E-state index in [2.05, 4.69) is 19.2 Å². The molecule has 0 radical (unpaired) electrons. The van der Waals surface area contributed by atoms with Crippen molar-refractivity contribution in [1.29, 1.82) is 0 Å². The Morgan fingerprint density at radius 3 is 2.37 bits per heavy atom. The van der Waals surface area contributed by atoms with Crippen LogP contribution in [0.3, 0.4) is 0 Å². The van der Waals surface area contributed by atoms with Gasteiger partial charge in [-0.25, -0.2) is 0 Å². The van der Waals surface area contributed by atoms with E-state index in [9.17, 15) is 4.79 Å². The summed E-state index contributed by atoms with van der Waals surface area (Å²) in [6.07, 6.45) is -0.485. The minimum absolute atomic E-state index is 0.0675. The number of carbonyl (C=O) groups excluding carboxylic acids is 1. The Balaban J connectivity index is 2.66. The van der Waals surface area contributed by atoms with E-state index in [0.717, 1.165) is 11.3 Å². The normalized spacial score (nSPS) is 14.1. The molecule has 19 heavy (non-hydrogen) atoms. The summed E-state index contributed by atoms with van der Waals surface area (Å²) in [7, 11) is 0. The first-order valence-corrected chi connectivity index (χ1v) is 6.86. The van der Waals surface area contributed by atoms with Crippen molar-refractivity contribution in [2.24, 2.45) is 5.92 Å². The lowest BCUT2D eigenvalue weighted by Gasteiger charge is -2.21. The van der Waals surface area contributed by atoms with Crippen LogP contribution in [0.25, 0.3) is 0 Å². The van der Waals surface area contributed by atoms with Crippen molar-refractivity contribution in [1.82, 2.24) is 5.32 Å². The average molecular weight is 263 g/mol. The third-order valence-corrected chi connectivity index (χ3v) is 3.60. The zero-order chi connectivity index (χ0) is 14.6. The molecule has 0 bridgehead atoms. The van der Waals surface area contributed by atoms with Gasteiger partial charge >= 0.3 is 0 Å². The Labute approximate surface area is 116 Å². The summed E-state index contributed by atoms with van der Waals surface area (Å²) in [5.74, 6) is 1.12. The fourth-order valence-corrected chi connectivity index (χ4v) is 1.60. The third kappa shape index (κ3) is 4.27. The van der Waals surface area contributed by atoms with Gasteiger partial charge in [0.2, 0.25) is 0 Å². The molecule has 0 saturated heterocycles. The lowest BCUT2D eigenvalue weighted by molar-refractivity contribution is -0.128. The van der Waals surface area contributed by atoms with E-state index >= 15 is 0 Å². The largest absolute Gasteiger partial charge is 0.481 e. The van der Waals surface area contributed by atoms with Crippen molar-refractivity contribution in [2.75, 3.05) is 0 Å². The van der Waals surface area contributed by atoms with Crippen molar-refractivity contribution in [2.45, 2.75) is 53.7 Å². The summed E-state index contributed by atoms with van der Waals surface area (Å²) in [5.41, 5.74) is 2.25. The number of carbonyl (C=O) groups is 1. The SMILES string of the molecule is Cc1cccc(O[C@H](C)C(=O)N[C@@H](C)C(C)C)c1C. The summed E-state index contributed by atoms with van der Waals surface area (Å²) in [4.78, 5) is 12.0. The van der Waals surface area contributed by atoms with Gasteiger partial charge in [-0.2, -0.15) is 0 Å². The van der Waals surface area contributed by atoms with E-state index in [1.54, 1.807) is 6.92 Å². The van der Waals surface area contributed by atoms with Crippen molar-refractivity contribution in [3.05, 3.63) is 29.3 Å². The van der Waals surface area contributed by atoms with E-state index in [4.69, 9.17) is 4.74 Å². The highest BCUT2D eigenvalue weighted by Crippen LogP contribution is 2.21. The molecule has 0 unspecified atom stereocenters. The second kappa shape index (κ2) is 6.60. The minimum atomic E-state index is -0.485. The second-order valence-electron chi connectivity index (χ2n) is 5.50. The van der Waals surface area contributed by atoms with Gasteiger partial charge in [0, 0.05) is 6.04 Å². The van der Waals surface area contributed by atoms with E-state index in [1.165, 1.54) is 5.56 Å². The van der Waals surface area contributed by atoms with Crippen LogP contribution in [-0.2, 0) is 4.79 Å². The van der Waals surface area contributed by atoms with E-state index in [-0.39, 0.29) is 11.9 Å². The molecular weight excluding hydrogens is 238 g/mol. The predicted molar refractivity (Wildman–Crippen MR) is 78.4 cm³/mol. The monoisotopic (exact) mass is 263 g/mol. The first-order chi connectivity index (χ1) is 8.82. The highest BCUT2D eigenvalue weighted by Gasteiger charge is 2.19. The topological polar surface area (TPSA) is 38.3 Å². The number of benzene rings is 1. The van der Waals surface area contributed by atoms with Crippen LogP contribution in [0.15, 0.2) is 18.2 Å². The number of ether oxygens (including phenoxy) is 1. The molecule has 2 atom stereocenters. The van der Waals surface area contributed by atoms with Gasteiger partial charge in [-0.05, 0) is 50.8 Å². The highest BCUT2D eigenvalue weighted by molar-refractivity contribution is 5.81. The van der Waals surface area contributed by atoms with Crippen LogP contribution in [0.4, 0.5) is 0 Å². The molecule has 0 fully saturated rings. The number of aryl methyl sites for hydroxylation is 1. The van der Waals surface area contributed by atoms with Crippen LogP contribution < -0.4 is 10.1 Å². The fourth-order valence-electron chi connectivity index (χ4n) is 1.60. The number of hydrogen-bond donors (Lipinski definition) is 1. The first kappa shape index (κ1) is 15.5. The number of nitrogens with one attached hydrogen (secondary N) is 1. The maximum absolute atomic E-state index is 12.0. The molecule has 0 aliphatic carbocycles. The fraction of sp³-hybridized carbons (Fsp3) is 0.562. The molecular formula is C16H25NO2. The summed E-state index contributed by atoms with van der Waals surface area (Å²) in [6, 6.07) is 6.03. The maximum Gasteiger partial charge on any atom is 0.260 e. The van der Waals surface area contributed by atoms with Gasteiger partial charge in [-0.1, -0.05) is 26.0 Å². The van der Waals surface area contributed by atoms with Crippen LogP contribution in [0, 0.1) is 19.8 Å². The Morgan fingerprint density at radius 2 is 1.79 bits per heavy atom. The van der Waals surface area contributed by atoms with E-state index in [1.807, 2.05) is 39.0 Å². The van der Waals surface area contributed by atoms with Gasteiger partial charge in [-0.3, -0.25) is 4.79 Å². The van der Waals surface area contributed by atoms with Gasteiger partial charge in [0.1, 0.15) is 5.75 Å². The van der Waals surface area contributed by atoms with Crippen molar-refractivity contribution >= 4 is 5.91 Å². The third-order valence-electron chi connectivity index (χ3n) is 3.60. The Kier molecular flexibility index (Phi) is 5.40. The Hall–Kier alpha value is -1.51. The van der Waals surface area contributed by atoms with Crippen LogP contribution in [0.1, 0.15) is 38.8 Å². The van der Waals surface area contributed by atoms with Crippen LogP contribution in [0.5, 0.6) is 5.75 Å². The molecule has 0 aliphatic rings. The van der Waals surface area contributed by atoms with E-state index < -0.39 is 6.10 Å². The molecule has 1 N–H and O–H groups in total. The Bertz CT molecular complexity index is 440. The summed E-state index contributed by atoms with van der Waals surface area (Å²) < 4.78 is 5.76. The molecule has 0 saturated carbocycles. The molecule has 0 spiro atoms. The first-order valence-electron chi connectivity index (χ1n) is 6.86. The second-order valence-corrected chi connectivity index (χ2v) is 5.50. The number of hydrogen-bond acceptors (Lipinski definition) is 2. The van der Waals surface area contributed by atoms with Gasteiger partial charge in [0.25, 0.3) is 5.91 Å². The zero-order valence-corrected chi connectivity index (χ0v) is 12.8. The summed E-state index contributed by atoms with van der Waals surface area (Å²) >= 11 is 0. The van der Waals surface area contributed by atoms with Crippen molar-refractivity contribution < 1.29 is 9.53 Å². The number of amides is 1. The Morgan fingerprint density at radius 1 is 1.16 bits per heavy atom. The molecule has 3 heteroatoms. The van der Waals surface area contributed by atoms with Crippen LogP contribution in [-0.4, -0.2) is 18.1 Å². The molecule has 0 aromatic heterocycles. The molecule has 3 nitrogen and oxygen atoms in total. The van der Waals surface area contributed by atoms with Gasteiger partial charge in [0.05, 0.1) is 0 Å². The van der Waals surface area contributed by atoms with E-state index in [0.29, 0.717) is 5.92 Å². The standard InChI is InChI=1S/C16H25NO2/c1-10(2)13(5)17-16(18)14(6)19-15-9-7-8-11(3)12(15)4/h7-10,13-14H,1-6H3,(H,17,18)/t13-,14+/m0/s1. The molecule has 1 amide bonds. The summed E-state index contributed by atoms with van der Waals surface area (Å²) in [5, 5.41) is 2.97. The smallest absolute Gasteiger partial charge is 0.260 e. The maximum atomic E-state index is 12.0. The molecule has 106 valence electrons. The van der Waals surface area contributed by atoms with Crippen molar-refractivity contribution in [3.8, 4) is 5.75 Å². The van der Waals surface area contributed by atoms with Crippen LogP contribution in [0.2, 0.25) is 0 Å². The van der Waals surface area contributed by atoms with Crippen LogP contribution >= 0.6 is 0 Å². The molecule has 1 aromatic carbocycles. The zero-order valence-electron chi connectivity index (χ0n) is 12.8. The van der Waals surface area contributed by atoms with Gasteiger partial charge < -0.3 is 10.1 Å². The lowest BCUT2D eigenvalue weighted by Crippen LogP contribution is -2.43. The van der Waals surface area contributed by atoms with Crippen molar-refractivity contribution in [3.63, 3.8) is 0 Å². The quantitative estimate of drug-likeness (QED) is 0.885. The van der Waals surface area contributed by atoms with Gasteiger partial charge in [-0.15, -0.1) is 0 Å². The predicted octanol–water partition coefficient (Wildman–Crippen LogP) is 3.23. The van der Waals surface area contributed by atoms with Gasteiger partial charge in [0.15, 0.2) is 6.10 Å². The molecule has 0 aliphatic heterocycles. The molecule has 0 heterocycles. The summed E-state index contributed by atoms with van der Waals surface area (Å²) in [6.45, 7) is 12.0. The average Bonchev–Trinajstić information content (AvgIpc) is 2.34. The molecule has 1 rings (SSSR count). The highest BCUT2D eigenvalue weighted by atomic mass is 16.5.